The minimum Gasteiger partial charge on any atom is -0.311 e. The van der Waals surface area contributed by atoms with Gasteiger partial charge >= 0.3 is 0 Å². The first-order chi connectivity index (χ1) is 7.46. The summed E-state index contributed by atoms with van der Waals surface area (Å²) in [6.45, 7) is 9.59. The van der Waals surface area contributed by atoms with E-state index >= 15 is 0 Å². The molecular formula is C15H29N. The summed E-state index contributed by atoms with van der Waals surface area (Å²) >= 11 is 0. The van der Waals surface area contributed by atoms with Crippen molar-refractivity contribution in [3.8, 4) is 0 Å². The van der Waals surface area contributed by atoms with Gasteiger partial charge in [0.15, 0.2) is 0 Å². The number of hydrogen-bond donors (Lipinski definition) is 1. The Hall–Kier alpha value is -0.0400. The molecule has 2 aliphatic carbocycles. The highest BCUT2D eigenvalue weighted by Gasteiger charge is 2.34. The Bertz CT molecular complexity index is 226. The molecule has 2 aliphatic rings. The highest BCUT2D eigenvalue weighted by atomic mass is 15.0. The standard InChI is InChI=1S/C15H29N/c1-11(2)12-8-14(9-12)16-13-6-5-7-15(3,4)10-13/h11-14,16H,5-10H2,1-4H3. The molecule has 0 amide bonds. The first kappa shape index (κ1) is 12.4. The number of nitrogens with one attached hydrogen (secondary N) is 1. The molecule has 1 nitrogen and oxygen atoms in total. The Morgan fingerprint density at radius 3 is 2.38 bits per heavy atom. The second kappa shape index (κ2) is 4.68. The van der Waals surface area contributed by atoms with Gasteiger partial charge in [-0.2, -0.15) is 0 Å². The fourth-order valence-electron chi connectivity index (χ4n) is 3.52. The molecular weight excluding hydrogens is 194 g/mol. The summed E-state index contributed by atoms with van der Waals surface area (Å²) in [5.74, 6) is 1.88. The Morgan fingerprint density at radius 1 is 1.12 bits per heavy atom. The van der Waals surface area contributed by atoms with E-state index in [1.807, 2.05) is 0 Å². The van der Waals surface area contributed by atoms with Crippen LogP contribution in [-0.2, 0) is 0 Å². The molecule has 0 aromatic carbocycles. The summed E-state index contributed by atoms with van der Waals surface area (Å²) in [6, 6.07) is 1.65. The van der Waals surface area contributed by atoms with E-state index in [0.29, 0.717) is 5.41 Å². The van der Waals surface area contributed by atoms with Crippen LogP contribution in [0.5, 0.6) is 0 Å². The SMILES string of the molecule is CC(C)C1CC(NC2CCCC(C)(C)C2)C1. The zero-order valence-corrected chi connectivity index (χ0v) is 11.6. The first-order valence-corrected chi connectivity index (χ1v) is 7.22. The van der Waals surface area contributed by atoms with Crippen LogP contribution in [0.15, 0.2) is 0 Å². The first-order valence-electron chi connectivity index (χ1n) is 7.22. The molecule has 1 unspecified atom stereocenters. The normalized spacial score (nSPS) is 38.4. The molecule has 16 heavy (non-hydrogen) atoms. The van der Waals surface area contributed by atoms with Crippen LogP contribution in [0.3, 0.4) is 0 Å². The largest absolute Gasteiger partial charge is 0.311 e. The van der Waals surface area contributed by atoms with Crippen molar-refractivity contribution in [2.75, 3.05) is 0 Å². The quantitative estimate of drug-likeness (QED) is 0.763. The van der Waals surface area contributed by atoms with Crippen molar-refractivity contribution in [3.63, 3.8) is 0 Å². The summed E-state index contributed by atoms with van der Waals surface area (Å²) in [5, 5.41) is 3.90. The molecule has 0 radical (unpaired) electrons. The minimum absolute atomic E-state index is 0.580. The van der Waals surface area contributed by atoms with Gasteiger partial charge in [-0.25, -0.2) is 0 Å². The van der Waals surface area contributed by atoms with E-state index in [9.17, 15) is 0 Å². The van der Waals surface area contributed by atoms with E-state index in [1.165, 1.54) is 38.5 Å². The van der Waals surface area contributed by atoms with Crippen LogP contribution in [0, 0.1) is 17.3 Å². The fraction of sp³-hybridized carbons (Fsp3) is 1.00. The number of hydrogen-bond acceptors (Lipinski definition) is 1. The monoisotopic (exact) mass is 223 g/mol. The molecule has 1 N–H and O–H groups in total. The molecule has 94 valence electrons. The van der Waals surface area contributed by atoms with Gasteiger partial charge in [0.2, 0.25) is 0 Å². The summed E-state index contributed by atoms with van der Waals surface area (Å²) in [6.07, 6.45) is 8.49. The molecule has 0 saturated heterocycles. The molecule has 0 bridgehead atoms. The molecule has 2 rings (SSSR count). The van der Waals surface area contributed by atoms with Crippen molar-refractivity contribution in [2.24, 2.45) is 17.3 Å². The predicted octanol–water partition coefficient (Wildman–Crippen LogP) is 3.98. The van der Waals surface area contributed by atoms with Gasteiger partial charge in [-0.05, 0) is 49.4 Å². The lowest BCUT2D eigenvalue weighted by molar-refractivity contribution is 0.124. The van der Waals surface area contributed by atoms with Crippen molar-refractivity contribution in [1.29, 1.82) is 0 Å². The van der Waals surface area contributed by atoms with Crippen molar-refractivity contribution in [1.82, 2.24) is 5.32 Å². The second-order valence-corrected chi connectivity index (χ2v) is 7.30. The van der Waals surface area contributed by atoms with Crippen molar-refractivity contribution in [3.05, 3.63) is 0 Å². The molecule has 1 heteroatoms. The minimum atomic E-state index is 0.580. The summed E-state index contributed by atoms with van der Waals surface area (Å²) in [7, 11) is 0. The maximum Gasteiger partial charge on any atom is 0.00751 e. The fourth-order valence-corrected chi connectivity index (χ4v) is 3.52. The van der Waals surface area contributed by atoms with E-state index < -0.39 is 0 Å². The van der Waals surface area contributed by atoms with Crippen LogP contribution in [0.2, 0.25) is 0 Å². The zero-order chi connectivity index (χ0) is 11.8. The van der Waals surface area contributed by atoms with Gasteiger partial charge < -0.3 is 5.32 Å². The third kappa shape index (κ3) is 3.00. The lowest BCUT2D eigenvalue weighted by atomic mass is 9.71. The van der Waals surface area contributed by atoms with Gasteiger partial charge in [-0.3, -0.25) is 0 Å². The molecule has 0 spiro atoms. The lowest BCUT2D eigenvalue weighted by Gasteiger charge is -2.43. The zero-order valence-electron chi connectivity index (χ0n) is 11.6. The van der Waals surface area contributed by atoms with Crippen LogP contribution in [-0.4, -0.2) is 12.1 Å². The van der Waals surface area contributed by atoms with Crippen LogP contribution < -0.4 is 5.32 Å². The van der Waals surface area contributed by atoms with Gasteiger partial charge in [0.05, 0.1) is 0 Å². The van der Waals surface area contributed by atoms with Crippen LogP contribution in [0.25, 0.3) is 0 Å². The maximum absolute atomic E-state index is 3.90. The van der Waals surface area contributed by atoms with Crippen molar-refractivity contribution >= 4 is 0 Å². The van der Waals surface area contributed by atoms with E-state index in [1.54, 1.807) is 0 Å². The topological polar surface area (TPSA) is 12.0 Å². The van der Waals surface area contributed by atoms with Gasteiger partial charge in [0, 0.05) is 12.1 Å². The van der Waals surface area contributed by atoms with E-state index in [2.05, 4.69) is 33.0 Å². The van der Waals surface area contributed by atoms with Gasteiger partial charge in [-0.15, -0.1) is 0 Å². The molecule has 1 atom stereocenters. The lowest BCUT2D eigenvalue weighted by Crippen LogP contribution is -2.49. The molecule has 2 fully saturated rings. The predicted molar refractivity (Wildman–Crippen MR) is 70.5 cm³/mol. The van der Waals surface area contributed by atoms with Crippen LogP contribution in [0.4, 0.5) is 0 Å². The van der Waals surface area contributed by atoms with Gasteiger partial charge in [0.1, 0.15) is 0 Å². The molecule has 2 saturated carbocycles. The van der Waals surface area contributed by atoms with E-state index in [4.69, 9.17) is 0 Å². The molecule has 0 aliphatic heterocycles. The van der Waals surface area contributed by atoms with Gasteiger partial charge in [0.25, 0.3) is 0 Å². The average Bonchev–Trinajstić information content (AvgIpc) is 2.08. The summed E-state index contributed by atoms with van der Waals surface area (Å²) in [5.41, 5.74) is 0.580. The van der Waals surface area contributed by atoms with Crippen LogP contribution >= 0.6 is 0 Å². The Balaban J connectivity index is 1.71. The smallest absolute Gasteiger partial charge is 0.00751 e. The summed E-state index contributed by atoms with van der Waals surface area (Å²) < 4.78 is 0. The Morgan fingerprint density at radius 2 is 1.81 bits per heavy atom. The van der Waals surface area contributed by atoms with Crippen LogP contribution in [0.1, 0.15) is 66.2 Å². The summed E-state index contributed by atoms with van der Waals surface area (Å²) in [4.78, 5) is 0. The number of rotatable bonds is 3. The molecule has 0 aromatic rings. The highest BCUT2D eigenvalue weighted by Crippen LogP contribution is 2.38. The molecule has 0 heterocycles. The second-order valence-electron chi connectivity index (χ2n) is 7.30. The Kier molecular flexibility index (Phi) is 3.63. The van der Waals surface area contributed by atoms with Gasteiger partial charge in [-0.1, -0.05) is 34.1 Å². The Labute approximate surface area is 101 Å². The van der Waals surface area contributed by atoms with Crippen molar-refractivity contribution in [2.45, 2.75) is 78.3 Å². The van der Waals surface area contributed by atoms with E-state index in [0.717, 1.165) is 23.9 Å². The third-order valence-electron chi connectivity index (χ3n) is 4.79. The molecule has 0 aromatic heterocycles. The maximum atomic E-state index is 3.90. The highest BCUT2D eigenvalue weighted by molar-refractivity contribution is 4.91. The average molecular weight is 223 g/mol. The third-order valence-corrected chi connectivity index (χ3v) is 4.79. The van der Waals surface area contributed by atoms with Crippen molar-refractivity contribution < 1.29 is 0 Å². The van der Waals surface area contributed by atoms with E-state index in [-0.39, 0.29) is 0 Å².